The van der Waals surface area contributed by atoms with E-state index in [4.69, 9.17) is 15.7 Å². The quantitative estimate of drug-likeness (QED) is 0.327. The Balaban J connectivity index is 1.88. The summed E-state index contributed by atoms with van der Waals surface area (Å²) in [7, 11) is 0. The molecule has 1 fully saturated rings. The molecule has 1 aromatic carbocycles. The van der Waals surface area contributed by atoms with Crippen molar-refractivity contribution in [3.05, 3.63) is 24.3 Å². The smallest absolute Gasteiger partial charge is 0.143 e. The molecule has 0 radical (unpaired) electrons. The Morgan fingerprint density at radius 3 is 2.65 bits per heavy atom. The van der Waals surface area contributed by atoms with Gasteiger partial charge in [-0.25, -0.2) is 0 Å². The number of morpholine rings is 1. The minimum Gasteiger partial charge on any atom is -0.409 e. The van der Waals surface area contributed by atoms with Crippen molar-refractivity contribution < 1.29 is 9.94 Å². The summed E-state index contributed by atoms with van der Waals surface area (Å²) in [6.07, 6.45) is 0. The maximum Gasteiger partial charge on any atom is 0.143 e. The molecule has 4 N–H and O–H groups in total. The van der Waals surface area contributed by atoms with E-state index in [1.165, 1.54) is 5.69 Å². The van der Waals surface area contributed by atoms with Crippen LogP contribution in [-0.4, -0.2) is 43.9 Å². The van der Waals surface area contributed by atoms with Gasteiger partial charge in [0.05, 0.1) is 13.2 Å². The molecular weight excluding hydrogens is 256 g/mol. The molecule has 110 valence electrons. The van der Waals surface area contributed by atoms with Gasteiger partial charge in [-0.05, 0) is 24.3 Å². The Bertz CT molecular complexity index is 441. The summed E-state index contributed by atoms with van der Waals surface area (Å²) in [6.45, 7) is 5.99. The molecular formula is C14H22N4O2. The third kappa shape index (κ3) is 3.77. The number of benzene rings is 1. The Morgan fingerprint density at radius 1 is 1.40 bits per heavy atom. The molecule has 1 aliphatic rings. The van der Waals surface area contributed by atoms with Gasteiger partial charge in [-0.3, -0.25) is 0 Å². The summed E-state index contributed by atoms with van der Waals surface area (Å²) in [5, 5.41) is 14.9. The maximum absolute atomic E-state index is 8.60. The Morgan fingerprint density at radius 2 is 2.05 bits per heavy atom. The van der Waals surface area contributed by atoms with Gasteiger partial charge in [0.2, 0.25) is 0 Å². The molecule has 1 heterocycles. The zero-order chi connectivity index (χ0) is 14.4. The van der Waals surface area contributed by atoms with Crippen LogP contribution in [-0.2, 0) is 4.74 Å². The number of nitrogens with one attached hydrogen (secondary N) is 1. The summed E-state index contributed by atoms with van der Waals surface area (Å²) < 4.78 is 5.35. The third-order valence-electron chi connectivity index (χ3n) is 3.48. The van der Waals surface area contributed by atoms with Gasteiger partial charge in [-0.1, -0.05) is 12.1 Å². The van der Waals surface area contributed by atoms with Crippen LogP contribution in [0, 0.1) is 5.92 Å². The van der Waals surface area contributed by atoms with E-state index in [2.05, 4.69) is 27.5 Å². The molecule has 0 aliphatic carbocycles. The first-order valence-corrected chi connectivity index (χ1v) is 6.84. The van der Waals surface area contributed by atoms with E-state index in [0.717, 1.165) is 32.0 Å². The number of amidine groups is 1. The van der Waals surface area contributed by atoms with E-state index >= 15 is 0 Å². The van der Waals surface area contributed by atoms with Gasteiger partial charge in [-0.15, -0.1) is 0 Å². The number of ether oxygens (including phenoxy) is 1. The van der Waals surface area contributed by atoms with Crippen molar-refractivity contribution in [2.75, 3.05) is 43.1 Å². The van der Waals surface area contributed by atoms with Crippen molar-refractivity contribution in [2.45, 2.75) is 6.92 Å². The minimum absolute atomic E-state index is 0.0149. The Labute approximate surface area is 119 Å². The highest BCUT2D eigenvalue weighted by Crippen LogP contribution is 2.19. The predicted molar refractivity (Wildman–Crippen MR) is 80.5 cm³/mol. The van der Waals surface area contributed by atoms with Crippen LogP contribution >= 0.6 is 0 Å². The van der Waals surface area contributed by atoms with Crippen molar-refractivity contribution in [3.63, 3.8) is 0 Å². The highest BCUT2D eigenvalue weighted by atomic mass is 16.5. The van der Waals surface area contributed by atoms with Gasteiger partial charge in [0.1, 0.15) is 5.84 Å². The number of anilines is 2. The van der Waals surface area contributed by atoms with E-state index in [1.54, 1.807) is 0 Å². The first-order chi connectivity index (χ1) is 9.70. The van der Waals surface area contributed by atoms with Crippen molar-refractivity contribution in [1.82, 2.24) is 0 Å². The number of hydrogen-bond donors (Lipinski definition) is 3. The van der Waals surface area contributed by atoms with E-state index in [-0.39, 0.29) is 11.8 Å². The second kappa shape index (κ2) is 7.00. The van der Waals surface area contributed by atoms with Gasteiger partial charge in [0, 0.05) is 36.9 Å². The molecule has 0 amide bonds. The molecule has 1 atom stereocenters. The fourth-order valence-electron chi connectivity index (χ4n) is 2.09. The number of hydrogen-bond acceptors (Lipinski definition) is 5. The van der Waals surface area contributed by atoms with Crippen LogP contribution in [0.2, 0.25) is 0 Å². The zero-order valence-corrected chi connectivity index (χ0v) is 11.7. The predicted octanol–water partition coefficient (Wildman–Crippen LogP) is 1.32. The summed E-state index contributed by atoms with van der Waals surface area (Å²) in [4.78, 5) is 2.31. The molecule has 6 heteroatoms. The monoisotopic (exact) mass is 278 g/mol. The van der Waals surface area contributed by atoms with E-state index in [0.29, 0.717) is 6.54 Å². The topological polar surface area (TPSA) is 83.1 Å². The molecule has 1 saturated heterocycles. The maximum atomic E-state index is 8.60. The van der Waals surface area contributed by atoms with Crippen LogP contribution < -0.4 is 16.0 Å². The highest BCUT2D eigenvalue weighted by molar-refractivity contribution is 5.82. The van der Waals surface area contributed by atoms with Gasteiger partial charge in [0.25, 0.3) is 0 Å². The summed E-state index contributed by atoms with van der Waals surface area (Å²) in [5.74, 6) is 0.223. The van der Waals surface area contributed by atoms with Crippen LogP contribution in [0.3, 0.4) is 0 Å². The lowest BCUT2D eigenvalue weighted by Gasteiger charge is -2.29. The lowest BCUT2D eigenvalue weighted by atomic mass is 10.1. The minimum atomic E-state index is -0.0149. The third-order valence-corrected chi connectivity index (χ3v) is 3.48. The van der Waals surface area contributed by atoms with Crippen molar-refractivity contribution in [3.8, 4) is 0 Å². The van der Waals surface area contributed by atoms with Crippen LogP contribution in [0.25, 0.3) is 0 Å². The molecule has 6 nitrogen and oxygen atoms in total. The molecule has 0 saturated carbocycles. The second-order valence-electron chi connectivity index (χ2n) is 4.95. The van der Waals surface area contributed by atoms with Crippen LogP contribution in [0.4, 0.5) is 11.4 Å². The molecule has 0 bridgehead atoms. The average Bonchev–Trinajstić information content (AvgIpc) is 2.53. The normalized spacial score (nSPS) is 17.9. The van der Waals surface area contributed by atoms with E-state index in [9.17, 15) is 0 Å². The van der Waals surface area contributed by atoms with Gasteiger partial charge in [-0.2, -0.15) is 0 Å². The van der Waals surface area contributed by atoms with Gasteiger partial charge >= 0.3 is 0 Å². The summed E-state index contributed by atoms with van der Waals surface area (Å²) in [6, 6.07) is 8.29. The molecule has 0 spiro atoms. The SMILES string of the molecule is CC(CNc1ccc(N2CCOCC2)cc1)C(N)=NO. The second-order valence-corrected chi connectivity index (χ2v) is 4.95. The summed E-state index contributed by atoms with van der Waals surface area (Å²) in [5.41, 5.74) is 7.78. The van der Waals surface area contributed by atoms with Crippen LogP contribution in [0.1, 0.15) is 6.92 Å². The fourth-order valence-corrected chi connectivity index (χ4v) is 2.09. The van der Waals surface area contributed by atoms with Crippen molar-refractivity contribution in [2.24, 2.45) is 16.8 Å². The molecule has 1 aromatic rings. The standard InChI is InChI=1S/C14H22N4O2/c1-11(14(15)17-19)10-16-12-2-4-13(5-3-12)18-6-8-20-9-7-18/h2-5,11,16,19H,6-10H2,1H3,(H2,15,17). The average molecular weight is 278 g/mol. The largest absolute Gasteiger partial charge is 0.409 e. The molecule has 20 heavy (non-hydrogen) atoms. The van der Waals surface area contributed by atoms with Crippen LogP contribution in [0.5, 0.6) is 0 Å². The highest BCUT2D eigenvalue weighted by Gasteiger charge is 2.11. The number of nitrogens with two attached hydrogens (primary N) is 1. The molecule has 1 unspecified atom stereocenters. The van der Waals surface area contributed by atoms with Crippen LogP contribution in [0.15, 0.2) is 29.4 Å². The van der Waals surface area contributed by atoms with Crippen molar-refractivity contribution >= 4 is 17.2 Å². The first kappa shape index (κ1) is 14.5. The Kier molecular flexibility index (Phi) is 5.06. The first-order valence-electron chi connectivity index (χ1n) is 6.84. The lowest BCUT2D eigenvalue weighted by molar-refractivity contribution is 0.122. The molecule has 0 aromatic heterocycles. The Hall–Kier alpha value is -1.95. The van der Waals surface area contributed by atoms with Gasteiger partial charge < -0.3 is 25.9 Å². The molecule has 1 aliphatic heterocycles. The van der Waals surface area contributed by atoms with Crippen molar-refractivity contribution in [1.29, 1.82) is 0 Å². The van der Waals surface area contributed by atoms with E-state index < -0.39 is 0 Å². The molecule has 2 rings (SSSR count). The number of nitrogens with zero attached hydrogens (tertiary/aromatic N) is 2. The number of oxime groups is 1. The van der Waals surface area contributed by atoms with E-state index in [1.807, 2.05) is 19.1 Å². The lowest BCUT2D eigenvalue weighted by Crippen LogP contribution is -2.36. The fraction of sp³-hybridized carbons (Fsp3) is 0.500. The van der Waals surface area contributed by atoms with Gasteiger partial charge in [0.15, 0.2) is 0 Å². The number of rotatable bonds is 5. The zero-order valence-electron chi connectivity index (χ0n) is 11.7. The summed E-state index contributed by atoms with van der Waals surface area (Å²) >= 11 is 0.